The molecule has 2 aliphatic rings. The molecule has 0 amide bonds. The third-order valence-electron chi connectivity index (χ3n) is 3.01. The van der Waals surface area contributed by atoms with Crippen molar-refractivity contribution in [3.63, 3.8) is 0 Å². The maximum Gasteiger partial charge on any atom is 0.150 e. The summed E-state index contributed by atoms with van der Waals surface area (Å²) in [6.07, 6.45) is 1.13. The topological polar surface area (TPSA) is 28.2 Å². The summed E-state index contributed by atoms with van der Waals surface area (Å²) >= 11 is 0. The Bertz CT molecular complexity index is 411. The van der Waals surface area contributed by atoms with Gasteiger partial charge in [0.15, 0.2) is 5.82 Å². The quantitative estimate of drug-likeness (QED) is 0.672. The van der Waals surface area contributed by atoms with Crippen molar-refractivity contribution in [1.82, 2.24) is 4.98 Å². The van der Waals surface area contributed by atoms with Crippen LogP contribution < -0.4 is 10.2 Å². The van der Waals surface area contributed by atoms with Gasteiger partial charge in [-0.25, -0.2) is 4.98 Å². The minimum absolute atomic E-state index is 0.400. The van der Waals surface area contributed by atoms with Crippen molar-refractivity contribution in [3.05, 3.63) is 30.1 Å². The highest BCUT2D eigenvalue weighted by Gasteiger charge is 2.33. The van der Waals surface area contributed by atoms with Crippen LogP contribution in [0.5, 0.6) is 0 Å². The molecular formula is C11H13N3. The molecular weight excluding hydrogens is 174 g/mol. The Morgan fingerprint density at radius 1 is 1.57 bits per heavy atom. The molecule has 14 heavy (non-hydrogen) atoms. The van der Waals surface area contributed by atoms with Gasteiger partial charge in [-0.05, 0) is 25.5 Å². The molecule has 3 nitrogen and oxygen atoms in total. The Labute approximate surface area is 83.4 Å². The van der Waals surface area contributed by atoms with Gasteiger partial charge in [-0.15, -0.1) is 0 Å². The highest BCUT2D eigenvalue weighted by Crippen LogP contribution is 2.38. The molecule has 1 aromatic rings. The van der Waals surface area contributed by atoms with Gasteiger partial charge in [-0.1, -0.05) is 6.58 Å². The third-order valence-corrected chi connectivity index (χ3v) is 3.01. The van der Waals surface area contributed by atoms with E-state index in [-0.39, 0.29) is 0 Å². The summed E-state index contributed by atoms with van der Waals surface area (Å²) in [6.45, 7) is 7.18. The summed E-state index contributed by atoms with van der Waals surface area (Å²) in [5, 5.41) is 3.43. The summed E-state index contributed by atoms with van der Waals surface area (Å²) in [6, 6.07) is 4.57. The number of hydrogen-bond acceptors (Lipinski definition) is 3. The van der Waals surface area contributed by atoms with E-state index in [1.807, 2.05) is 13.0 Å². The Morgan fingerprint density at radius 3 is 3.29 bits per heavy atom. The zero-order chi connectivity index (χ0) is 9.71. The minimum atomic E-state index is 0.400. The van der Waals surface area contributed by atoms with Crippen molar-refractivity contribution >= 4 is 11.5 Å². The van der Waals surface area contributed by atoms with Crippen LogP contribution in [-0.2, 0) is 0 Å². The Hall–Kier alpha value is -1.51. The van der Waals surface area contributed by atoms with Gasteiger partial charge in [0.05, 0.1) is 11.7 Å². The fourth-order valence-electron chi connectivity index (χ4n) is 2.23. The van der Waals surface area contributed by atoms with Crippen LogP contribution >= 0.6 is 0 Å². The number of nitrogens with one attached hydrogen (secondary N) is 1. The van der Waals surface area contributed by atoms with Crippen molar-refractivity contribution in [2.45, 2.75) is 19.4 Å². The minimum Gasteiger partial charge on any atom is -0.360 e. The Kier molecular flexibility index (Phi) is 1.40. The van der Waals surface area contributed by atoms with E-state index in [1.165, 1.54) is 11.4 Å². The van der Waals surface area contributed by atoms with Crippen molar-refractivity contribution < 1.29 is 0 Å². The summed E-state index contributed by atoms with van der Waals surface area (Å²) in [5.41, 5.74) is 3.42. The van der Waals surface area contributed by atoms with Crippen molar-refractivity contribution in [2.24, 2.45) is 0 Å². The molecule has 3 heterocycles. The molecule has 0 saturated carbocycles. The van der Waals surface area contributed by atoms with E-state index >= 15 is 0 Å². The number of pyridine rings is 1. The molecule has 1 fully saturated rings. The molecule has 0 aromatic carbocycles. The van der Waals surface area contributed by atoms with Gasteiger partial charge in [0.2, 0.25) is 0 Å². The largest absolute Gasteiger partial charge is 0.360 e. The molecule has 2 bridgehead atoms. The lowest BCUT2D eigenvalue weighted by Crippen LogP contribution is -2.29. The average Bonchev–Trinajstić information content (AvgIpc) is 2.44. The van der Waals surface area contributed by atoms with Crippen LogP contribution in [0.3, 0.4) is 0 Å². The molecule has 0 spiro atoms. The molecule has 72 valence electrons. The SMILES string of the molecule is C=C1[C@@H]2CCN1c1ccc(C)nc1N2. The van der Waals surface area contributed by atoms with Crippen molar-refractivity contribution in [1.29, 1.82) is 0 Å². The summed E-state index contributed by atoms with van der Waals surface area (Å²) in [5.74, 6) is 1.01. The second-order valence-corrected chi connectivity index (χ2v) is 3.95. The fraction of sp³-hybridized carbons (Fsp3) is 0.364. The van der Waals surface area contributed by atoms with E-state index in [0.29, 0.717) is 6.04 Å². The highest BCUT2D eigenvalue weighted by atomic mass is 15.3. The Balaban J connectivity index is 2.16. The van der Waals surface area contributed by atoms with Crippen LogP contribution in [0.25, 0.3) is 0 Å². The van der Waals surface area contributed by atoms with Crippen LogP contribution in [-0.4, -0.2) is 17.6 Å². The number of aromatic nitrogens is 1. The van der Waals surface area contributed by atoms with Gasteiger partial charge in [0, 0.05) is 17.9 Å². The summed E-state index contributed by atoms with van der Waals surface area (Å²) in [7, 11) is 0. The van der Waals surface area contributed by atoms with Crippen LogP contribution in [0.2, 0.25) is 0 Å². The molecule has 0 aliphatic carbocycles. The van der Waals surface area contributed by atoms with Crippen LogP contribution in [0.1, 0.15) is 12.1 Å². The van der Waals surface area contributed by atoms with Crippen LogP contribution in [0.15, 0.2) is 24.4 Å². The first kappa shape index (κ1) is 7.85. The lowest BCUT2D eigenvalue weighted by molar-refractivity contribution is 0.853. The first-order chi connectivity index (χ1) is 6.75. The molecule has 2 aliphatic heterocycles. The number of rotatable bonds is 0. The van der Waals surface area contributed by atoms with Gasteiger partial charge in [0.25, 0.3) is 0 Å². The van der Waals surface area contributed by atoms with Gasteiger partial charge < -0.3 is 10.2 Å². The third kappa shape index (κ3) is 0.895. The molecule has 1 saturated heterocycles. The lowest BCUT2D eigenvalue weighted by atomic mass is 10.2. The molecule has 0 radical (unpaired) electrons. The predicted octanol–water partition coefficient (Wildman–Crippen LogP) is 1.91. The molecule has 1 aromatic heterocycles. The predicted molar refractivity (Wildman–Crippen MR) is 57.5 cm³/mol. The number of fused-ring (bicyclic) bond motifs is 4. The standard InChI is InChI=1S/C11H13N3/c1-7-3-4-10-11(12-7)13-9-5-6-14(10)8(9)2/h3-4,9H,2,5-6H2,1H3,(H,12,13)/t9-/m0/s1. The number of aryl methyl sites for hydroxylation is 1. The van der Waals surface area contributed by atoms with Gasteiger partial charge in [0.1, 0.15) is 0 Å². The smallest absolute Gasteiger partial charge is 0.150 e. The summed E-state index contributed by atoms with van der Waals surface area (Å²) < 4.78 is 0. The average molecular weight is 187 g/mol. The van der Waals surface area contributed by atoms with E-state index in [1.54, 1.807) is 0 Å². The van der Waals surface area contributed by atoms with Gasteiger partial charge in [-0.3, -0.25) is 0 Å². The van der Waals surface area contributed by atoms with E-state index in [4.69, 9.17) is 0 Å². The van der Waals surface area contributed by atoms with E-state index in [0.717, 1.165) is 24.5 Å². The van der Waals surface area contributed by atoms with E-state index in [9.17, 15) is 0 Å². The molecule has 3 heteroatoms. The molecule has 0 unspecified atom stereocenters. The zero-order valence-electron chi connectivity index (χ0n) is 8.25. The fourth-order valence-corrected chi connectivity index (χ4v) is 2.23. The number of hydrogen-bond donors (Lipinski definition) is 1. The van der Waals surface area contributed by atoms with Gasteiger partial charge in [-0.2, -0.15) is 0 Å². The van der Waals surface area contributed by atoms with Crippen molar-refractivity contribution in [3.8, 4) is 0 Å². The monoisotopic (exact) mass is 187 g/mol. The highest BCUT2D eigenvalue weighted by molar-refractivity contribution is 5.74. The number of anilines is 2. The van der Waals surface area contributed by atoms with Crippen LogP contribution in [0.4, 0.5) is 11.5 Å². The van der Waals surface area contributed by atoms with E-state index in [2.05, 4.69) is 27.8 Å². The van der Waals surface area contributed by atoms with Gasteiger partial charge >= 0.3 is 0 Å². The summed E-state index contributed by atoms with van der Waals surface area (Å²) in [4.78, 5) is 6.76. The molecule has 1 N–H and O–H groups in total. The maximum absolute atomic E-state index is 4.50. The van der Waals surface area contributed by atoms with Crippen LogP contribution in [0, 0.1) is 6.92 Å². The molecule has 3 rings (SSSR count). The molecule has 1 atom stereocenters. The van der Waals surface area contributed by atoms with E-state index < -0.39 is 0 Å². The van der Waals surface area contributed by atoms with Crippen molar-refractivity contribution in [2.75, 3.05) is 16.8 Å². The first-order valence-electron chi connectivity index (χ1n) is 4.96. The normalized spacial score (nSPS) is 23.4. The zero-order valence-corrected chi connectivity index (χ0v) is 8.25. The lowest BCUT2D eigenvalue weighted by Gasteiger charge is -2.29. The second kappa shape index (κ2) is 2.50. The second-order valence-electron chi connectivity index (χ2n) is 3.95. The first-order valence-corrected chi connectivity index (χ1v) is 4.96. The Morgan fingerprint density at radius 2 is 2.43 bits per heavy atom. The number of nitrogens with zero attached hydrogens (tertiary/aromatic N) is 2. The maximum atomic E-state index is 4.50.